The average molecular weight is 613 g/mol. The van der Waals surface area contributed by atoms with Crippen LogP contribution in [0.15, 0.2) is 91.5 Å². The molecule has 0 saturated carbocycles. The quantitative estimate of drug-likeness (QED) is 0.316. The number of carbonyl (C=O) groups excluding carboxylic acids is 4. The van der Waals surface area contributed by atoms with Crippen molar-refractivity contribution in [2.24, 2.45) is 0 Å². The maximum Gasteiger partial charge on any atom is 0.411 e. The van der Waals surface area contributed by atoms with Crippen LogP contribution in [0.2, 0.25) is 0 Å². The van der Waals surface area contributed by atoms with Crippen molar-refractivity contribution in [1.82, 2.24) is 25.1 Å². The van der Waals surface area contributed by atoms with Gasteiger partial charge < -0.3 is 25.0 Å². The maximum atomic E-state index is 14.1. The number of urea groups is 1. The number of aromatic hydroxyl groups is 1. The van der Waals surface area contributed by atoms with Crippen molar-refractivity contribution in [2.75, 3.05) is 32.1 Å². The fourth-order valence-electron chi connectivity index (χ4n) is 5.69. The molecular weight excluding hydrogens is 576 g/mol. The first kappa shape index (κ1) is 31.1. The fraction of sp³-hybridized carbons (Fsp3) is 0.273. The van der Waals surface area contributed by atoms with E-state index in [2.05, 4.69) is 17.2 Å². The molecule has 12 nitrogen and oxygen atoms in total. The highest BCUT2D eigenvalue weighted by molar-refractivity contribution is 5.92. The Morgan fingerprint density at radius 2 is 1.73 bits per heavy atom. The van der Waals surface area contributed by atoms with Crippen LogP contribution < -0.4 is 10.6 Å². The van der Waals surface area contributed by atoms with E-state index in [4.69, 9.17) is 4.74 Å². The molecule has 5 rings (SSSR count). The summed E-state index contributed by atoms with van der Waals surface area (Å²) in [7, 11) is 1.27. The maximum absolute atomic E-state index is 14.1. The molecule has 12 heteroatoms. The van der Waals surface area contributed by atoms with Gasteiger partial charge in [0.2, 0.25) is 11.8 Å². The molecular formula is C33H36N6O6. The topological polar surface area (TPSA) is 135 Å². The van der Waals surface area contributed by atoms with Crippen LogP contribution in [0.5, 0.6) is 5.75 Å². The Kier molecular flexibility index (Phi) is 9.64. The summed E-state index contributed by atoms with van der Waals surface area (Å²) < 4.78 is 4.70. The lowest BCUT2D eigenvalue weighted by Crippen LogP contribution is -2.76. The van der Waals surface area contributed by atoms with Crippen molar-refractivity contribution in [3.05, 3.63) is 108 Å². The fourth-order valence-corrected chi connectivity index (χ4v) is 5.69. The van der Waals surface area contributed by atoms with E-state index in [9.17, 15) is 24.3 Å². The van der Waals surface area contributed by atoms with Gasteiger partial charge in [-0.3, -0.25) is 14.9 Å². The van der Waals surface area contributed by atoms with E-state index in [-0.39, 0.29) is 56.7 Å². The molecule has 3 aromatic carbocycles. The number of phenols is 1. The van der Waals surface area contributed by atoms with E-state index in [1.165, 1.54) is 29.2 Å². The number of nitrogens with zero attached hydrogens (tertiary/aromatic N) is 4. The van der Waals surface area contributed by atoms with Gasteiger partial charge in [0.15, 0.2) is 0 Å². The van der Waals surface area contributed by atoms with E-state index in [0.29, 0.717) is 5.69 Å². The van der Waals surface area contributed by atoms with Crippen molar-refractivity contribution < 1.29 is 29.0 Å². The second-order valence-electron chi connectivity index (χ2n) is 10.8. The predicted molar refractivity (Wildman–Crippen MR) is 166 cm³/mol. The van der Waals surface area contributed by atoms with Crippen molar-refractivity contribution in [2.45, 2.75) is 31.7 Å². The summed E-state index contributed by atoms with van der Waals surface area (Å²) in [5, 5.41) is 18.6. The second kappa shape index (κ2) is 14.0. The van der Waals surface area contributed by atoms with Crippen LogP contribution in [0.1, 0.15) is 16.7 Å². The van der Waals surface area contributed by atoms with E-state index >= 15 is 0 Å². The number of phenolic OH excluding ortho intramolecular Hbond substituents is 1. The van der Waals surface area contributed by atoms with E-state index in [1.807, 2.05) is 36.4 Å². The highest BCUT2D eigenvalue weighted by atomic mass is 16.5. The molecule has 234 valence electrons. The van der Waals surface area contributed by atoms with Gasteiger partial charge in [-0.05, 0) is 41.0 Å². The summed E-state index contributed by atoms with van der Waals surface area (Å²) in [6, 6.07) is 21.7. The Labute approximate surface area is 261 Å². The Balaban J connectivity index is 1.48. The van der Waals surface area contributed by atoms with Crippen molar-refractivity contribution >= 4 is 29.6 Å². The average Bonchev–Trinajstić information content (AvgIpc) is 3.03. The summed E-state index contributed by atoms with van der Waals surface area (Å²) in [6.45, 7) is 4.45. The molecule has 1 unspecified atom stereocenters. The summed E-state index contributed by atoms with van der Waals surface area (Å²) in [6.07, 6.45) is 0.381. The summed E-state index contributed by atoms with van der Waals surface area (Å²) >= 11 is 0. The lowest BCUT2D eigenvalue weighted by molar-refractivity contribution is -0.189. The van der Waals surface area contributed by atoms with E-state index in [0.717, 1.165) is 16.7 Å². The zero-order valence-electron chi connectivity index (χ0n) is 25.0. The summed E-state index contributed by atoms with van der Waals surface area (Å²) in [4.78, 5) is 56.7. The number of hydrazine groups is 1. The number of fused-ring (bicyclic) bond motifs is 1. The molecule has 2 aliphatic rings. The van der Waals surface area contributed by atoms with Gasteiger partial charge in [0.25, 0.3) is 0 Å². The molecule has 2 heterocycles. The van der Waals surface area contributed by atoms with Crippen LogP contribution in [-0.4, -0.2) is 87.8 Å². The molecule has 45 heavy (non-hydrogen) atoms. The molecule has 2 aliphatic heterocycles. The molecule has 0 spiro atoms. The number of piperazine rings is 1. The first-order chi connectivity index (χ1) is 21.8. The third kappa shape index (κ3) is 7.24. The lowest BCUT2D eigenvalue weighted by Gasteiger charge is -2.55. The minimum Gasteiger partial charge on any atom is -0.508 e. The molecule has 2 saturated heterocycles. The van der Waals surface area contributed by atoms with Gasteiger partial charge in [0.05, 0.1) is 20.2 Å². The van der Waals surface area contributed by atoms with Crippen molar-refractivity contribution in [3.63, 3.8) is 0 Å². The third-order valence-electron chi connectivity index (χ3n) is 7.76. The van der Waals surface area contributed by atoms with Gasteiger partial charge in [-0.25, -0.2) is 19.6 Å². The Morgan fingerprint density at radius 1 is 1.00 bits per heavy atom. The number of hydrogen-bond donors (Lipinski definition) is 3. The van der Waals surface area contributed by atoms with Gasteiger partial charge >= 0.3 is 12.1 Å². The normalized spacial score (nSPS) is 18.3. The van der Waals surface area contributed by atoms with E-state index < -0.39 is 24.3 Å². The standard InChI is InChI=1S/C33H36N6O6/c1-3-16-37-22-30(41)38-28(18-23-12-14-27(40)15-13-23)31(42)36(20-25-10-7-11-26(17-25)35-33(44)45-2)21-29(38)39(37)32(43)34-19-24-8-5-4-6-9-24/h3-15,17,28-29,40H,1,16,18-22H2,2H3,(H,34,43)(H,35,44)/t28-,29?/m0/s1. The van der Waals surface area contributed by atoms with Crippen LogP contribution in [-0.2, 0) is 33.8 Å². The first-order valence-electron chi connectivity index (χ1n) is 14.6. The SMILES string of the molecule is C=CCN1CC(=O)N2C(CN(Cc3cccc(NC(=O)OC)c3)C(=O)[C@@H]2Cc2ccc(O)cc2)N1C(=O)NCc1ccccc1. The zero-order valence-corrected chi connectivity index (χ0v) is 25.0. The van der Waals surface area contributed by atoms with Crippen LogP contribution in [0.3, 0.4) is 0 Å². The highest BCUT2D eigenvalue weighted by Gasteiger charge is 2.51. The molecule has 0 bridgehead atoms. The van der Waals surface area contributed by atoms with Crippen LogP contribution in [0, 0.1) is 0 Å². The molecule has 3 aromatic rings. The number of carbonyl (C=O) groups is 4. The molecule has 2 fully saturated rings. The second-order valence-corrected chi connectivity index (χ2v) is 10.8. The third-order valence-corrected chi connectivity index (χ3v) is 7.76. The molecule has 0 aliphatic carbocycles. The molecule has 0 radical (unpaired) electrons. The summed E-state index contributed by atoms with van der Waals surface area (Å²) in [5.41, 5.74) is 2.90. The number of anilines is 1. The molecule has 3 N–H and O–H groups in total. The first-order valence-corrected chi connectivity index (χ1v) is 14.6. The van der Waals surface area contributed by atoms with Gasteiger partial charge in [0.1, 0.15) is 18.0 Å². The minimum absolute atomic E-state index is 0.0533. The molecule has 5 amide bonds. The number of amides is 5. The number of hydrogen-bond acceptors (Lipinski definition) is 7. The Morgan fingerprint density at radius 3 is 2.44 bits per heavy atom. The van der Waals surface area contributed by atoms with Gasteiger partial charge in [-0.1, -0.05) is 60.7 Å². The van der Waals surface area contributed by atoms with Crippen molar-refractivity contribution in [1.29, 1.82) is 0 Å². The summed E-state index contributed by atoms with van der Waals surface area (Å²) in [5.74, 6) is -0.472. The largest absolute Gasteiger partial charge is 0.508 e. The number of rotatable bonds is 9. The highest BCUT2D eigenvalue weighted by Crippen LogP contribution is 2.30. The zero-order chi connectivity index (χ0) is 31.9. The monoisotopic (exact) mass is 612 g/mol. The lowest BCUT2D eigenvalue weighted by atomic mass is 9.98. The number of nitrogens with one attached hydrogen (secondary N) is 2. The smallest absolute Gasteiger partial charge is 0.411 e. The van der Waals surface area contributed by atoms with Crippen LogP contribution in [0.4, 0.5) is 15.3 Å². The number of ether oxygens (including phenoxy) is 1. The van der Waals surface area contributed by atoms with Crippen LogP contribution >= 0.6 is 0 Å². The van der Waals surface area contributed by atoms with Gasteiger partial charge in [0, 0.05) is 31.7 Å². The Bertz CT molecular complexity index is 1550. The number of benzene rings is 3. The predicted octanol–water partition coefficient (Wildman–Crippen LogP) is 3.31. The molecule has 0 aromatic heterocycles. The van der Waals surface area contributed by atoms with Gasteiger partial charge in [-0.2, -0.15) is 0 Å². The molecule has 2 atom stereocenters. The van der Waals surface area contributed by atoms with E-state index in [1.54, 1.807) is 46.3 Å². The number of methoxy groups -OCH3 is 1. The van der Waals surface area contributed by atoms with Crippen LogP contribution in [0.25, 0.3) is 0 Å². The van der Waals surface area contributed by atoms with Crippen molar-refractivity contribution in [3.8, 4) is 5.75 Å². The Hall–Kier alpha value is -5.36. The van der Waals surface area contributed by atoms with Gasteiger partial charge in [-0.15, -0.1) is 6.58 Å². The minimum atomic E-state index is -0.910.